The van der Waals surface area contributed by atoms with Crippen LogP contribution >= 0.6 is 23.2 Å². The number of amides is 2. The summed E-state index contributed by atoms with van der Waals surface area (Å²) in [6, 6.07) is 27.5. The van der Waals surface area contributed by atoms with Crippen LogP contribution < -0.4 is 41.2 Å². The van der Waals surface area contributed by atoms with Gasteiger partial charge in [-0.2, -0.15) is 5.26 Å². The lowest BCUT2D eigenvalue weighted by atomic mass is 9.62. The number of benzene rings is 5. The van der Waals surface area contributed by atoms with Crippen molar-refractivity contribution in [3.8, 4) is 28.7 Å². The van der Waals surface area contributed by atoms with E-state index in [0.717, 1.165) is 59.1 Å². The third-order valence-electron chi connectivity index (χ3n) is 16.9. The number of pyridine rings is 1. The fourth-order valence-corrected chi connectivity index (χ4v) is 12.7. The van der Waals surface area contributed by atoms with Crippen molar-refractivity contribution in [1.29, 1.82) is 5.26 Å². The first-order valence-corrected chi connectivity index (χ1v) is 32.5. The number of nitrogens with one attached hydrogen (secondary N) is 5. The third-order valence-corrected chi connectivity index (χ3v) is 17.5. The number of methoxy groups -OCH3 is 1. The number of rotatable bonds is 33. The van der Waals surface area contributed by atoms with Crippen molar-refractivity contribution in [2.45, 2.75) is 110 Å². The second kappa shape index (κ2) is 34.5. The quantitative estimate of drug-likeness (QED) is 0.0166. The van der Waals surface area contributed by atoms with Crippen LogP contribution in [0.3, 0.4) is 0 Å². The Kier molecular flexibility index (Phi) is 26.6. The third kappa shape index (κ3) is 18.6. The molecule has 2 aliphatic rings. The lowest BCUT2D eigenvalue weighted by Gasteiger charge is -2.38. The number of ether oxygens (including phenoxy) is 8. The molecule has 5 atom stereocenters. The van der Waals surface area contributed by atoms with Crippen molar-refractivity contribution < 1.29 is 61.4 Å². The Labute approximate surface area is 559 Å². The van der Waals surface area contributed by atoms with Gasteiger partial charge in [0.05, 0.1) is 89.4 Å². The van der Waals surface area contributed by atoms with Gasteiger partial charge in [-0.15, -0.1) is 0 Å². The summed E-state index contributed by atoms with van der Waals surface area (Å²) >= 11 is 12.5. The molecule has 0 radical (unpaired) electrons. The molecule has 19 nitrogen and oxygen atoms in total. The highest BCUT2D eigenvalue weighted by atomic mass is 35.5. The van der Waals surface area contributed by atoms with Crippen LogP contribution in [0.15, 0.2) is 102 Å². The molecule has 0 saturated carbocycles. The van der Waals surface area contributed by atoms with Crippen molar-refractivity contribution in [2.24, 2.45) is 5.41 Å². The van der Waals surface area contributed by atoms with Gasteiger partial charge in [-0.25, -0.2) is 8.78 Å². The average Bonchev–Trinajstić information content (AvgIpc) is 1.53. The molecule has 94 heavy (non-hydrogen) atoms. The van der Waals surface area contributed by atoms with E-state index in [-0.39, 0.29) is 82.2 Å². The van der Waals surface area contributed by atoms with Crippen LogP contribution in [0.25, 0.3) is 11.1 Å². The van der Waals surface area contributed by atoms with Crippen molar-refractivity contribution in [1.82, 2.24) is 20.9 Å². The molecule has 6 N–H and O–H groups in total. The summed E-state index contributed by atoms with van der Waals surface area (Å²) in [5.41, 5.74) is 4.46. The summed E-state index contributed by atoms with van der Waals surface area (Å²) < 4.78 is 77.8. The normalized spacial score (nSPS) is 17.7. The Morgan fingerprint density at radius 1 is 0.819 bits per heavy atom. The van der Waals surface area contributed by atoms with Gasteiger partial charge >= 0.3 is 0 Å². The first-order valence-electron chi connectivity index (χ1n) is 31.7. The molecule has 0 spiro atoms. The Morgan fingerprint density at radius 2 is 1.48 bits per heavy atom. The van der Waals surface area contributed by atoms with Gasteiger partial charge in [0.15, 0.2) is 0 Å². The second-order valence-corrected chi connectivity index (χ2v) is 25.4. The van der Waals surface area contributed by atoms with Gasteiger partial charge in [0.25, 0.3) is 17.4 Å². The van der Waals surface area contributed by atoms with Crippen LogP contribution in [0.2, 0.25) is 10.0 Å². The molecule has 1 aromatic heterocycles. The predicted octanol–water partition coefficient (Wildman–Crippen LogP) is 11.1. The maximum atomic E-state index is 16.2. The van der Waals surface area contributed by atoms with Gasteiger partial charge in [0.1, 0.15) is 48.1 Å². The van der Waals surface area contributed by atoms with E-state index in [0.29, 0.717) is 89.4 Å². The zero-order valence-corrected chi connectivity index (χ0v) is 56.2. The summed E-state index contributed by atoms with van der Waals surface area (Å²) in [5, 5.41) is 35.4. The SMILES string of the molecule is CCN(c1cc(-c2ccc(OCCOCCOCCOCCOCCOCNC(=O)c3ccc(NC(O)[C@@H]4N[C@@H](CC(C)(C)C)[C@](C#N)(c5ccc(Cl)cc5F)[C@H]4c4cccc(Cl)c4F)c(OC)c3)cc2)cc(C(=O)NCc2c(C)cc(C)[nH]c2=O)c1C)C1CCOCC1. The Balaban J connectivity index is 0.708. The number of H-pyrrole nitrogens is 1. The molecule has 6 aromatic rings. The van der Waals surface area contributed by atoms with Crippen LogP contribution in [0.1, 0.15) is 107 Å². The lowest BCUT2D eigenvalue weighted by molar-refractivity contribution is -0.0135. The molecular weight excluding hydrogens is 1250 g/mol. The van der Waals surface area contributed by atoms with E-state index in [2.05, 4.69) is 50.2 Å². The molecule has 3 heterocycles. The fraction of sp³-hybridized carbons (Fsp3) is 0.465. The number of carbonyl (C=O) groups excluding carboxylic acids is 2. The summed E-state index contributed by atoms with van der Waals surface area (Å²) in [6.07, 6.45) is 0.589. The monoisotopic (exact) mass is 1340 g/mol. The van der Waals surface area contributed by atoms with E-state index in [9.17, 15) is 24.8 Å². The van der Waals surface area contributed by atoms with Crippen LogP contribution in [0.5, 0.6) is 11.5 Å². The van der Waals surface area contributed by atoms with Gasteiger partial charge in [-0.3, -0.25) is 14.4 Å². The maximum absolute atomic E-state index is 16.2. The van der Waals surface area contributed by atoms with Gasteiger partial charge in [0, 0.05) is 83.0 Å². The van der Waals surface area contributed by atoms with E-state index in [4.69, 9.17) is 61.1 Å². The number of nitrogens with zero attached hydrogens (tertiary/aromatic N) is 2. The second-order valence-electron chi connectivity index (χ2n) is 24.5. The number of aliphatic hydroxyl groups is 1. The van der Waals surface area contributed by atoms with E-state index < -0.39 is 52.6 Å². The Hall–Kier alpha value is -7.20. The number of aryl methyl sites for hydroxylation is 2. The molecule has 2 fully saturated rings. The number of halogens is 4. The lowest BCUT2D eigenvalue weighted by Crippen LogP contribution is -2.45. The molecule has 0 aliphatic carbocycles. The number of carbonyl (C=O) groups is 2. The Morgan fingerprint density at radius 3 is 2.10 bits per heavy atom. The molecule has 5 aromatic carbocycles. The van der Waals surface area contributed by atoms with Crippen LogP contribution in [0.4, 0.5) is 20.2 Å². The standard InChI is InChI=1S/C71H87Cl2F2N7O12/c1-9-82(51-21-23-88-24-22-51)60-37-49(36-54(46(60)4)67(84)77-41-55-44(2)35-45(3)79-68(55)85)47-13-17-52(18-14-47)94-34-33-92-30-29-90-26-25-89-27-28-91-31-32-93-43-78-66(83)48-15-20-59(61(38-48)87-8)80-69(86)65-63(53-11-10-12-57(73)64(53)75)71(42-76,62(81-65)40-70(5,6)7)56-19-16-50(72)39-58(56)74/h10-20,35-39,51,62-63,65,69,80-81,86H,9,21-34,40-41,43H2,1-8H3,(H,77,84)(H,78,83)(H,79,85)/t62-,63-,65+,69?,71-/m0/s1. The van der Waals surface area contributed by atoms with Crippen molar-refractivity contribution >= 4 is 46.4 Å². The minimum absolute atomic E-state index is 0.00592. The zero-order valence-electron chi connectivity index (χ0n) is 54.7. The summed E-state index contributed by atoms with van der Waals surface area (Å²) in [6.45, 7) is 19.2. The van der Waals surface area contributed by atoms with Gasteiger partial charge < -0.3 is 74.2 Å². The molecular formula is C71H87Cl2F2N7O12. The largest absolute Gasteiger partial charge is 0.495 e. The van der Waals surface area contributed by atoms with Crippen LogP contribution in [-0.2, 0) is 40.4 Å². The van der Waals surface area contributed by atoms with Crippen molar-refractivity contribution in [3.63, 3.8) is 0 Å². The molecule has 2 saturated heterocycles. The molecule has 2 aliphatic heterocycles. The molecule has 8 rings (SSSR count). The molecule has 23 heteroatoms. The van der Waals surface area contributed by atoms with Crippen LogP contribution in [0, 0.1) is 49.2 Å². The predicted molar refractivity (Wildman–Crippen MR) is 358 cm³/mol. The number of hydrogen-bond acceptors (Lipinski definition) is 16. The van der Waals surface area contributed by atoms with Crippen molar-refractivity contribution in [3.05, 3.63) is 174 Å². The fourth-order valence-electron chi connectivity index (χ4n) is 12.4. The van der Waals surface area contributed by atoms with E-state index in [1.54, 1.807) is 12.1 Å². The summed E-state index contributed by atoms with van der Waals surface area (Å²) in [4.78, 5) is 45.2. The van der Waals surface area contributed by atoms with Gasteiger partial charge in [0.2, 0.25) is 0 Å². The van der Waals surface area contributed by atoms with Crippen LogP contribution in [-0.4, -0.2) is 146 Å². The minimum Gasteiger partial charge on any atom is -0.495 e. The molecule has 2 amide bonds. The topological polar surface area (TPSA) is 236 Å². The number of anilines is 2. The summed E-state index contributed by atoms with van der Waals surface area (Å²) in [5.74, 6) is -2.59. The first-order chi connectivity index (χ1) is 45.2. The highest BCUT2D eigenvalue weighted by Gasteiger charge is 2.61. The highest BCUT2D eigenvalue weighted by molar-refractivity contribution is 6.31. The van der Waals surface area contributed by atoms with E-state index in [1.165, 1.54) is 43.5 Å². The van der Waals surface area contributed by atoms with Gasteiger partial charge in [-0.1, -0.05) is 74.3 Å². The summed E-state index contributed by atoms with van der Waals surface area (Å²) in [7, 11) is 1.40. The van der Waals surface area contributed by atoms with Gasteiger partial charge in [-0.05, 0) is 147 Å². The molecule has 1 unspecified atom stereocenters. The van der Waals surface area contributed by atoms with E-state index in [1.807, 2.05) is 77.9 Å². The number of hydrogen-bond donors (Lipinski definition) is 6. The molecule has 506 valence electrons. The maximum Gasteiger partial charge on any atom is 0.253 e. The highest BCUT2D eigenvalue weighted by Crippen LogP contribution is 2.53. The smallest absolute Gasteiger partial charge is 0.253 e. The number of nitriles is 1. The van der Waals surface area contributed by atoms with Crippen molar-refractivity contribution in [2.75, 3.05) is 110 Å². The number of aromatic amines is 1. The number of aromatic nitrogens is 1. The van der Waals surface area contributed by atoms with E-state index >= 15 is 8.78 Å². The first kappa shape index (κ1) is 72.6. The average molecular weight is 1340 g/mol. The zero-order chi connectivity index (χ0) is 67.5. The number of aliphatic hydroxyl groups excluding tert-OH is 1. The molecule has 0 bridgehead atoms. The Bertz CT molecular complexity index is 3620. The minimum atomic E-state index is -1.77.